The maximum Gasteiger partial charge on any atom is 0.336 e. The Balaban J connectivity index is 3.41. The summed E-state index contributed by atoms with van der Waals surface area (Å²) in [5.74, 6) is -0.822. The summed E-state index contributed by atoms with van der Waals surface area (Å²) in [7, 11) is 0. The summed E-state index contributed by atoms with van der Waals surface area (Å²) < 4.78 is 10.5. The molecule has 0 atom stereocenters. The lowest BCUT2D eigenvalue weighted by molar-refractivity contribution is -0.140. The Morgan fingerprint density at radius 1 is 0.913 bits per heavy atom. The van der Waals surface area contributed by atoms with Crippen LogP contribution in [0.3, 0.4) is 0 Å². The predicted molar refractivity (Wildman–Crippen MR) is 89.4 cm³/mol. The molecule has 0 aliphatic carbocycles. The summed E-state index contributed by atoms with van der Waals surface area (Å²) in [5, 5.41) is 3.15. The normalized spacial score (nSPS) is 15.8. The number of allylic oxidation sites excluding steroid dienone is 2. The quantitative estimate of drug-likeness (QED) is 0.728. The first-order valence-electron chi connectivity index (χ1n) is 8.45. The molecule has 0 aromatic rings. The molecule has 1 aliphatic heterocycles. The molecule has 0 saturated heterocycles. The number of hydrogen-bond acceptors (Lipinski definition) is 5. The Morgan fingerprint density at radius 2 is 1.30 bits per heavy atom. The highest BCUT2D eigenvalue weighted by Crippen LogP contribution is 2.39. The van der Waals surface area contributed by atoms with Gasteiger partial charge in [0.15, 0.2) is 0 Å². The van der Waals surface area contributed by atoms with Crippen LogP contribution in [0.25, 0.3) is 0 Å². The zero-order valence-corrected chi connectivity index (χ0v) is 15.1. The second-order valence-electron chi connectivity index (χ2n) is 5.70. The third kappa shape index (κ3) is 4.15. The molecule has 0 bridgehead atoms. The van der Waals surface area contributed by atoms with E-state index in [0.717, 1.165) is 24.2 Å². The van der Waals surface area contributed by atoms with Crippen molar-refractivity contribution in [2.24, 2.45) is 11.8 Å². The minimum Gasteiger partial charge on any atom is -0.463 e. The molecule has 1 rings (SSSR count). The van der Waals surface area contributed by atoms with E-state index in [9.17, 15) is 9.59 Å². The van der Waals surface area contributed by atoms with Crippen molar-refractivity contribution in [2.75, 3.05) is 13.2 Å². The van der Waals surface area contributed by atoms with Gasteiger partial charge in [0.05, 0.1) is 24.4 Å². The monoisotopic (exact) mass is 323 g/mol. The van der Waals surface area contributed by atoms with Gasteiger partial charge in [-0.15, -0.1) is 0 Å². The Bertz CT molecular complexity index is 475. The van der Waals surface area contributed by atoms with Crippen molar-refractivity contribution in [3.63, 3.8) is 0 Å². The summed E-state index contributed by atoms with van der Waals surface area (Å²) in [4.78, 5) is 25.0. The third-order valence-electron chi connectivity index (χ3n) is 4.32. The lowest BCUT2D eigenvalue weighted by atomic mass is 9.74. The Labute approximate surface area is 139 Å². The van der Waals surface area contributed by atoms with Gasteiger partial charge in [-0.2, -0.15) is 0 Å². The van der Waals surface area contributed by atoms with Crippen molar-refractivity contribution in [2.45, 2.75) is 54.4 Å². The first-order valence-corrected chi connectivity index (χ1v) is 8.45. The van der Waals surface area contributed by atoms with E-state index in [1.807, 2.05) is 13.8 Å². The highest BCUT2D eigenvalue weighted by molar-refractivity contribution is 5.97. The average molecular weight is 323 g/mol. The molecule has 0 fully saturated rings. The van der Waals surface area contributed by atoms with E-state index in [-0.39, 0.29) is 23.8 Å². The van der Waals surface area contributed by atoms with Crippen molar-refractivity contribution in [3.8, 4) is 0 Å². The van der Waals surface area contributed by atoms with Gasteiger partial charge in [0, 0.05) is 17.3 Å². The van der Waals surface area contributed by atoms with Crippen molar-refractivity contribution >= 4 is 11.9 Å². The fraction of sp³-hybridized carbons (Fsp3) is 0.667. The van der Waals surface area contributed by atoms with Crippen molar-refractivity contribution in [1.82, 2.24) is 5.32 Å². The molecule has 1 aliphatic rings. The maximum atomic E-state index is 12.5. The van der Waals surface area contributed by atoms with Gasteiger partial charge in [-0.1, -0.05) is 26.7 Å². The minimum atomic E-state index is -0.358. The van der Waals surface area contributed by atoms with E-state index in [0.29, 0.717) is 24.4 Å². The molecule has 23 heavy (non-hydrogen) atoms. The number of rotatable bonds is 7. The van der Waals surface area contributed by atoms with Gasteiger partial charge in [0.1, 0.15) is 0 Å². The van der Waals surface area contributed by atoms with Gasteiger partial charge >= 0.3 is 11.9 Å². The third-order valence-corrected chi connectivity index (χ3v) is 4.32. The number of dihydropyridines is 1. The number of ether oxygens (including phenoxy) is 2. The second kappa shape index (κ2) is 8.75. The second-order valence-corrected chi connectivity index (χ2v) is 5.70. The molecule has 1 N–H and O–H groups in total. The van der Waals surface area contributed by atoms with Gasteiger partial charge < -0.3 is 14.8 Å². The Hall–Kier alpha value is -1.78. The van der Waals surface area contributed by atoms with Crippen LogP contribution in [0.15, 0.2) is 22.5 Å². The van der Waals surface area contributed by atoms with Crippen LogP contribution in [0, 0.1) is 11.8 Å². The molecule has 0 radical (unpaired) electrons. The standard InChI is InChI=1S/C18H29NO4/c1-7-13(8-2)16-14(17(20)22-9-3)11(5)19-12(6)15(16)18(21)23-10-4/h13,16,19H,7-10H2,1-6H3. The van der Waals surface area contributed by atoms with Gasteiger partial charge in [0.25, 0.3) is 0 Å². The molecule has 0 saturated carbocycles. The lowest BCUT2D eigenvalue weighted by Crippen LogP contribution is -2.37. The molecular weight excluding hydrogens is 294 g/mol. The zero-order chi connectivity index (χ0) is 17.6. The van der Waals surface area contributed by atoms with Crippen LogP contribution in [0.4, 0.5) is 0 Å². The van der Waals surface area contributed by atoms with E-state index in [1.165, 1.54) is 0 Å². The van der Waals surface area contributed by atoms with Crippen LogP contribution < -0.4 is 5.32 Å². The summed E-state index contributed by atoms with van der Waals surface area (Å²) in [6, 6.07) is 0. The van der Waals surface area contributed by atoms with E-state index < -0.39 is 0 Å². The smallest absolute Gasteiger partial charge is 0.336 e. The number of esters is 2. The van der Waals surface area contributed by atoms with E-state index in [2.05, 4.69) is 19.2 Å². The first-order chi connectivity index (χ1) is 10.9. The van der Waals surface area contributed by atoms with Crippen molar-refractivity contribution in [3.05, 3.63) is 22.5 Å². The zero-order valence-electron chi connectivity index (χ0n) is 15.1. The van der Waals surface area contributed by atoms with Crippen molar-refractivity contribution < 1.29 is 19.1 Å². The minimum absolute atomic E-state index is 0.181. The van der Waals surface area contributed by atoms with E-state index >= 15 is 0 Å². The molecule has 0 spiro atoms. The predicted octanol–water partition coefficient (Wildman–Crippen LogP) is 3.32. The highest BCUT2D eigenvalue weighted by atomic mass is 16.5. The van der Waals surface area contributed by atoms with Crippen LogP contribution in [-0.4, -0.2) is 25.2 Å². The van der Waals surface area contributed by atoms with Gasteiger partial charge in [-0.05, 0) is 33.6 Å². The highest BCUT2D eigenvalue weighted by Gasteiger charge is 2.40. The average Bonchev–Trinajstić information content (AvgIpc) is 2.48. The number of hydrogen-bond donors (Lipinski definition) is 1. The van der Waals surface area contributed by atoms with Gasteiger partial charge in [-0.3, -0.25) is 0 Å². The van der Waals surface area contributed by atoms with E-state index in [1.54, 1.807) is 13.8 Å². The topological polar surface area (TPSA) is 64.6 Å². The van der Waals surface area contributed by atoms with Crippen molar-refractivity contribution in [1.29, 1.82) is 0 Å². The lowest BCUT2D eigenvalue weighted by Gasteiger charge is -2.34. The summed E-state index contributed by atoms with van der Waals surface area (Å²) in [6.07, 6.45) is 1.74. The number of nitrogens with one attached hydrogen (secondary N) is 1. The van der Waals surface area contributed by atoms with Gasteiger partial charge in [0.2, 0.25) is 0 Å². The number of carbonyl (C=O) groups is 2. The molecule has 0 unspecified atom stereocenters. The van der Waals surface area contributed by atoms with E-state index in [4.69, 9.17) is 9.47 Å². The van der Waals surface area contributed by atoms with Crippen LogP contribution >= 0.6 is 0 Å². The fourth-order valence-electron chi connectivity index (χ4n) is 3.24. The van der Waals surface area contributed by atoms with Gasteiger partial charge in [-0.25, -0.2) is 9.59 Å². The molecule has 1 heterocycles. The van der Waals surface area contributed by atoms with Crippen LogP contribution in [0.5, 0.6) is 0 Å². The summed E-state index contributed by atoms with van der Waals surface area (Å²) >= 11 is 0. The fourth-order valence-corrected chi connectivity index (χ4v) is 3.24. The Morgan fingerprint density at radius 3 is 1.61 bits per heavy atom. The largest absolute Gasteiger partial charge is 0.463 e. The Kier molecular flexibility index (Phi) is 7.33. The molecule has 5 nitrogen and oxygen atoms in total. The maximum absolute atomic E-state index is 12.5. The number of carbonyl (C=O) groups excluding carboxylic acids is 2. The molecule has 5 heteroatoms. The summed E-state index contributed by atoms with van der Waals surface area (Å²) in [5.41, 5.74) is 2.61. The molecular formula is C18H29NO4. The molecule has 130 valence electrons. The molecule has 0 aromatic heterocycles. The van der Waals surface area contributed by atoms with Crippen LogP contribution in [-0.2, 0) is 19.1 Å². The van der Waals surface area contributed by atoms with Crippen LogP contribution in [0.1, 0.15) is 54.4 Å². The molecule has 0 amide bonds. The first kappa shape index (κ1) is 19.3. The summed E-state index contributed by atoms with van der Waals surface area (Å²) in [6.45, 7) is 12.0. The SMILES string of the molecule is CCOC(=O)C1=C(C)NC(C)=C(C(=O)OCC)C1C(CC)CC. The van der Waals surface area contributed by atoms with Crippen LogP contribution in [0.2, 0.25) is 0 Å². The molecule has 0 aromatic carbocycles.